The van der Waals surface area contributed by atoms with E-state index in [1.807, 2.05) is 30.0 Å². The molecule has 0 atom stereocenters. The average Bonchev–Trinajstić information content (AvgIpc) is 3.52. The van der Waals surface area contributed by atoms with Gasteiger partial charge in [-0.2, -0.15) is 0 Å². The van der Waals surface area contributed by atoms with Crippen LogP contribution >= 0.6 is 11.6 Å². The Morgan fingerprint density at radius 3 is 2.33 bits per heavy atom. The quantitative estimate of drug-likeness (QED) is 0.213. The Labute approximate surface area is 288 Å². The Morgan fingerprint density at radius 2 is 1.69 bits per heavy atom. The van der Waals surface area contributed by atoms with Crippen molar-refractivity contribution in [3.05, 3.63) is 81.9 Å². The second kappa shape index (κ2) is 15.2. The molecular weight excluding hydrogens is 652 g/mol. The Morgan fingerprint density at radius 1 is 1.00 bits per heavy atom. The zero-order valence-corrected chi connectivity index (χ0v) is 28.7. The maximum atomic E-state index is 13.8. The standard InChI is InChI=1S/C34H37ClN8O6/c1-6-30(44)42(7-2)23-14-12-22(13-15-23)33(45)36-26-21-27(25(35)20-28(26)43(47)49-5)40-16-18-41(19-17-40)34(46)32-31(37-38-39(32)3)24-10-8-9-11-29(24)48-4/h8-15,20-21H,6-7,16-19H2,1-5H3/p+1. The molecule has 0 bridgehead atoms. The van der Waals surface area contributed by atoms with Crippen LogP contribution in [0, 0.1) is 4.91 Å². The van der Waals surface area contributed by atoms with Crippen molar-refractivity contribution < 1.29 is 28.9 Å². The fourth-order valence-corrected chi connectivity index (χ4v) is 6.02. The number of carbonyl (C=O) groups is 3. The summed E-state index contributed by atoms with van der Waals surface area (Å²) in [4.78, 5) is 62.6. The van der Waals surface area contributed by atoms with E-state index in [9.17, 15) is 19.3 Å². The molecule has 1 aliphatic rings. The van der Waals surface area contributed by atoms with E-state index in [0.29, 0.717) is 78.8 Å². The fraction of sp³-hybridized carbons (Fsp3) is 0.324. The van der Waals surface area contributed by atoms with E-state index < -0.39 is 5.91 Å². The molecule has 0 unspecified atom stereocenters. The summed E-state index contributed by atoms with van der Waals surface area (Å²) in [6.07, 6.45) is 0.362. The lowest BCUT2D eigenvalue weighted by atomic mass is 10.1. The molecule has 1 aromatic heterocycles. The van der Waals surface area contributed by atoms with E-state index in [2.05, 4.69) is 15.6 Å². The van der Waals surface area contributed by atoms with Gasteiger partial charge in [0.25, 0.3) is 16.7 Å². The summed E-state index contributed by atoms with van der Waals surface area (Å²) in [5.74, 6) is -0.139. The van der Waals surface area contributed by atoms with Crippen LogP contribution in [0.15, 0.2) is 60.7 Å². The average molecular weight is 690 g/mol. The van der Waals surface area contributed by atoms with Crippen LogP contribution in [0.3, 0.4) is 0 Å². The minimum absolute atomic E-state index is 0.00770. The van der Waals surface area contributed by atoms with Gasteiger partial charge in [-0.1, -0.05) is 35.9 Å². The number of nitrogens with zero attached hydrogens (tertiary/aromatic N) is 7. The number of halogens is 1. The Kier molecular flexibility index (Phi) is 10.8. The van der Waals surface area contributed by atoms with Gasteiger partial charge in [0.05, 0.1) is 22.7 Å². The highest BCUT2D eigenvalue weighted by atomic mass is 35.5. The lowest BCUT2D eigenvalue weighted by Crippen LogP contribution is -2.49. The Bertz CT molecular complexity index is 1870. The number of nitrogens with one attached hydrogen (secondary N) is 1. The van der Waals surface area contributed by atoms with E-state index in [0.717, 1.165) is 0 Å². The van der Waals surface area contributed by atoms with Crippen molar-refractivity contribution in [1.82, 2.24) is 19.9 Å². The molecule has 49 heavy (non-hydrogen) atoms. The lowest BCUT2D eigenvalue weighted by molar-refractivity contribution is -0.736. The molecule has 5 rings (SSSR count). The molecular formula is C34H38ClN8O6+. The number of aryl methyl sites for hydroxylation is 1. The first kappa shape index (κ1) is 34.8. The van der Waals surface area contributed by atoms with Gasteiger partial charge < -0.3 is 24.8 Å². The summed E-state index contributed by atoms with van der Waals surface area (Å²) in [5, 5.41) is 11.5. The highest BCUT2D eigenvalue weighted by Crippen LogP contribution is 2.38. The molecule has 256 valence electrons. The smallest absolute Gasteiger partial charge is 0.341 e. The maximum absolute atomic E-state index is 13.8. The summed E-state index contributed by atoms with van der Waals surface area (Å²) < 4.78 is 6.95. The van der Waals surface area contributed by atoms with Crippen molar-refractivity contribution in [2.75, 3.05) is 62.1 Å². The van der Waals surface area contributed by atoms with Crippen LogP contribution in [0.4, 0.5) is 22.7 Å². The van der Waals surface area contributed by atoms with Crippen LogP contribution in [0.25, 0.3) is 11.3 Å². The SMILES string of the molecule is CCC(=O)N(CC)c1ccc(C(=O)Nc2cc(N3CCN(C(=O)c4c(-c5ccccc5OC)nnn4C)CC3)c(Cl)cc2[N+](=O)OC)cc1. The number of rotatable bonds is 11. The minimum atomic E-state index is -0.471. The molecule has 1 N–H and O–H groups in total. The van der Waals surface area contributed by atoms with Gasteiger partial charge in [0.1, 0.15) is 17.1 Å². The van der Waals surface area contributed by atoms with Gasteiger partial charge in [0.2, 0.25) is 5.91 Å². The number of anilines is 3. The number of benzene rings is 3. The van der Waals surface area contributed by atoms with Crippen molar-refractivity contribution in [2.45, 2.75) is 20.3 Å². The van der Waals surface area contributed by atoms with Crippen LogP contribution in [-0.2, 0) is 16.7 Å². The van der Waals surface area contributed by atoms with Crippen LogP contribution < -0.4 is 19.9 Å². The summed E-state index contributed by atoms with van der Waals surface area (Å²) >= 11 is 6.69. The van der Waals surface area contributed by atoms with E-state index in [1.165, 1.54) is 17.9 Å². The number of amides is 3. The normalized spacial score (nSPS) is 12.8. The highest BCUT2D eigenvalue weighted by Gasteiger charge is 2.31. The molecule has 1 aliphatic heterocycles. The number of piperazine rings is 1. The van der Waals surface area contributed by atoms with Crippen molar-refractivity contribution >= 4 is 52.1 Å². The van der Waals surface area contributed by atoms with Crippen molar-refractivity contribution in [3.63, 3.8) is 0 Å². The van der Waals surface area contributed by atoms with E-state index in [4.69, 9.17) is 21.2 Å². The number of hydrogen-bond acceptors (Lipinski definition) is 9. The van der Waals surface area contributed by atoms with Gasteiger partial charge in [0, 0.05) is 69.1 Å². The third-order valence-electron chi connectivity index (χ3n) is 8.34. The Balaban J connectivity index is 1.35. The van der Waals surface area contributed by atoms with Gasteiger partial charge in [0.15, 0.2) is 12.8 Å². The molecule has 3 aromatic carbocycles. The predicted molar refractivity (Wildman–Crippen MR) is 186 cm³/mol. The first-order chi connectivity index (χ1) is 23.6. The third-order valence-corrected chi connectivity index (χ3v) is 8.64. The second-order valence-corrected chi connectivity index (χ2v) is 11.5. The molecule has 1 saturated heterocycles. The predicted octanol–water partition coefficient (Wildman–Crippen LogP) is 5.09. The molecule has 4 aromatic rings. The number of methoxy groups -OCH3 is 1. The second-order valence-electron chi connectivity index (χ2n) is 11.1. The van der Waals surface area contributed by atoms with Crippen LogP contribution in [0.5, 0.6) is 5.75 Å². The summed E-state index contributed by atoms with van der Waals surface area (Å²) in [6.45, 7) is 5.75. The fourth-order valence-electron chi connectivity index (χ4n) is 5.74. The molecule has 3 amide bonds. The number of ether oxygens (including phenoxy) is 1. The van der Waals surface area contributed by atoms with Gasteiger partial charge in [-0.05, 0) is 49.4 Å². The first-order valence-electron chi connectivity index (χ1n) is 15.8. The molecule has 15 heteroatoms. The van der Waals surface area contributed by atoms with Gasteiger partial charge in [-0.3, -0.25) is 14.4 Å². The Hall–Kier alpha value is -5.50. The monoisotopic (exact) mass is 689 g/mol. The zero-order chi connectivity index (χ0) is 35.2. The summed E-state index contributed by atoms with van der Waals surface area (Å²) in [6, 6.07) is 17.0. The minimum Gasteiger partial charge on any atom is -0.496 e. The summed E-state index contributed by atoms with van der Waals surface area (Å²) in [5.41, 5.74) is 3.20. The number of hydrogen-bond donors (Lipinski definition) is 1. The maximum Gasteiger partial charge on any atom is 0.341 e. The van der Waals surface area contributed by atoms with E-state index in [1.54, 1.807) is 67.3 Å². The molecule has 2 heterocycles. The largest absolute Gasteiger partial charge is 0.496 e. The summed E-state index contributed by atoms with van der Waals surface area (Å²) in [7, 11) is 4.45. The highest BCUT2D eigenvalue weighted by molar-refractivity contribution is 6.33. The third kappa shape index (κ3) is 7.18. The van der Waals surface area contributed by atoms with Crippen LogP contribution in [-0.4, -0.2) is 89.5 Å². The molecule has 14 nitrogen and oxygen atoms in total. The zero-order valence-electron chi connectivity index (χ0n) is 28.0. The topological polar surface area (TPSA) is 142 Å². The first-order valence-corrected chi connectivity index (χ1v) is 16.1. The molecule has 0 aliphatic carbocycles. The van der Waals surface area contributed by atoms with Crippen LogP contribution in [0.1, 0.15) is 41.1 Å². The molecule has 0 radical (unpaired) electrons. The lowest BCUT2D eigenvalue weighted by Gasteiger charge is -2.36. The van der Waals surface area contributed by atoms with Crippen molar-refractivity contribution in [1.29, 1.82) is 0 Å². The van der Waals surface area contributed by atoms with Crippen molar-refractivity contribution in [2.24, 2.45) is 7.05 Å². The number of para-hydroxylation sites is 1. The van der Waals surface area contributed by atoms with E-state index in [-0.39, 0.29) is 33.1 Å². The van der Waals surface area contributed by atoms with Gasteiger partial charge >= 0.3 is 5.69 Å². The van der Waals surface area contributed by atoms with E-state index >= 15 is 0 Å². The molecule has 0 spiro atoms. The molecule has 1 fully saturated rings. The molecule has 0 saturated carbocycles. The van der Waals surface area contributed by atoms with Gasteiger partial charge in [-0.25, -0.2) is 9.52 Å². The number of aromatic nitrogens is 3. The number of carbonyl (C=O) groups excluding carboxylic acids is 3. The van der Waals surface area contributed by atoms with Gasteiger partial charge in [-0.15, -0.1) is 5.10 Å². The van der Waals surface area contributed by atoms with Crippen LogP contribution in [0.2, 0.25) is 5.02 Å². The van der Waals surface area contributed by atoms with Crippen molar-refractivity contribution in [3.8, 4) is 17.0 Å².